The van der Waals surface area contributed by atoms with Crippen molar-refractivity contribution in [3.05, 3.63) is 69.3 Å². The molecule has 26 heavy (non-hydrogen) atoms. The number of halogens is 4. The summed E-state index contributed by atoms with van der Waals surface area (Å²) >= 11 is 24.4. The summed E-state index contributed by atoms with van der Waals surface area (Å²) < 4.78 is 0. The lowest BCUT2D eigenvalue weighted by Crippen LogP contribution is -2.58. The fourth-order valence-corrected chi connectivity index (χ4v) is 3.78. The molecule has 1 aliphatic rings. The monoisotopic (exact) mass is 425 g/mol. The number of benzene rings is 2. The minimum absolute atomic E-state index is 0.221. The summed E-state index contributed by atoms with van der Waals surface area (Å²) in [5.74, 6) is -0.221. The number of carbonyl (C=O) groups is 1. The quantitative estimate of drug-likeness (QED) is 0.430. The highest BCUT2D eigenvalue weighted by atomic mass is 35.5. The molecule has 4 nitrogen and oxygen atoms in total. The summed E-state index contributed by atoms with van der Waals surface area (Å²) in [6.07, 6.45) is 1.65. The fourth-order valence-electron chi connectivity index (χ4n) is 2.94. The first-order valence-electron chi connectivity index (χ1n) is 7.69. The Kier molecular flexibility index (Phi) is 4.61. The van der Waals surface area contributed by atoms with E-state index < -0.39 is 5.38 Å². The Morgan fingerprint density at radius 1 is 1.00 bits per heavy atom. The summed E-state index contributed by atoms with van der Waals surface area (Å²) in [5, 5.41) is 3.11. The average molecular weight is 427 g/mol. The van der Waals surface area contributed by atoms with Crippen LogP contribution in [0.5, 0.6) is 0 Å². The summed E-state index contributed by atoms with van der Waals surface area (Å²) in [5.41, 5.74) is 5.40. The molecule has 1 aliphatic heterocycles. The van der Waals surface area contributed by atoms with E-state index in [1.165, 1.54) is 5.01 Å². The number of fused-ring (bicyclic) bond motifs is 1. The molecular weight excluding hydrogens is 416 g/mol. The van der Waals surface area contributed by atoms with Gasteiger partial charge in [0, 0.05) is 16.6 Å². The van der Waals surface area contributed by atoms with Gasteiger partial charge in [-0.25, -0.2) is 5.01 Å². The lowest BCUT2D eigenvalue weighted by atomic mass is 9.95. The van der Waals surface area contributed by atoms with Gasteiger partial charge < -0.3 is 0 Å². The number of nitrogens with one attached hydrogen (secondary N) is 1. The number of hydrogen-bond donors (Lipinski definition) is 1. The number of β-lactam (4-membered cyclic amide) rings is 1. The number of nitrogens with zero attached hydrogens (tertiary/aromatic N) is 2. The maximum absolute atomic E-state index is 12.3. The summed E-state index contributed by atoms with van der Waals surface area (Å²) in [4.78, 5) is 16.6. The molecule has 8 heteroatoms. The van der Waals surface area contributed by atoms with Crippen LogP contribution in [0.1, 0.15) is 11.6 Å². The normalized spacial score (nSPS) is 19.5. The van der Waals surface area contributed by atoms with Crippen molar-refractivity contribution in [2.75, 3.05) is 5.43 Å². The zero-order valence-electron chi connectivity index (χ0n) is 13.1. The van der Waals surface area contributed by atoms with Crippen molar-refractivity contribution in [3.8, 4) is 0 Å². The molecule has 2 unspecified atom stereocenters. The van der Waals surface area contributed by atoms with Crippen LogP contribution >= 0.6 is 46.4 Å². The van der Waals surface area contributed by atoms with Gasteiger partial charge in [0.2, 0.25) is 0 Å². The van der Waals surface area contributed by atoms with Crippen LogP contribution in [0.3, 0.4) is 0 Å². The van der Waals surface area contributed by atoms with Gasteiger partial charge in [-0.05, 0) is 42.0 Å². The second-order valence-corrected chi connectivity index (χ2v) is 7.58. The third-order valence-corrected chi connectivity index (χ3v) is 5.66. The van der Waals surface area contributed by atoms with E-state index in [0.29, 0.717) is 15.1 Å². The van der Waals surface area contributed by atoms with Crippen LogP contribution in [0.25, 0.3) is 10.9 Å². The molecule has 0 spiro atoms. The van der Waals surface area contributed by atoms with E-state index in [2.05, 4.69) is 10.4 Å². The Balaban J connectivity index is 1.68. The van der Waals surface area contributed by atoms with Gasteiger partial charge in [-0.1, -0.05) is 40.9 Å². The van der Waals surface area contributed by atoms with Gasteiger partial charge in [0.15, 0.2) is 0 Å². The lowest BCUT2D eigenvalue weighted by Gasteiger charge is -2.44. The Hall–Kier alpha value is -1.72. The topological polar surface area (TPSA) is 45.2 Å². The van der Waals surface area contributed by atoms with Crippen LogP contribution in [-0.4, -0.2) is 21.3 Å². The molecule has 132 valence electrons. The molecule has 2 heterocycles. The van der Waals surface area contributed by atoms with E-state index in [-0.39, 0.29) is 11.9 Å². The Morgan fingerprint density at radius 2 is 1.81 bits per heavy atom. The molecule has 0 radical (unpaired) electrons. The Bertz CT molecular complexity index is 1030. The molecule has 2 aromatic carbocycles. The predicted octanol–water partition coefficient (Wildman–Crippen LogP) is 5.71. The zero-order chi connectivity index (χ0) is 18.4. The van der Waals surface area contributed by atoms with Crippen LogP contribution in [0, 0.1) is 0 Å². The molecular formula is C18H11Cl4N3O. The number of hydrazine groups is 1. The molecule has 2 atom stereocenters. The van der Waals surface area contributed by atoms with Crippen molar-refractivity contribution >= 4 is 68.9 Å². The standard InChI is InChI=1S/C18H11Cl4N3O/c19-10-2-3-11-14(5-6-23-15(11)8-10)24-25-17(16(22)18(25)26)9-1-4-12(20)13(21)7-9/h1-8,16-17H,(H,23,24). The van der Waals surface area contributed by atoms with Crippen molar-refractivity contribution < 1.29 is 4.79 Å². The largest absolute Gasteiger partial charge is 0.295 e. The minimum atomic E-state index is -0.678. The number of anilines is 1. The Labute approximate surface area is 169 Å². The minimum Gasteiger partial charge on any atom is -0.295 e. The van der Waals surface area contributed by atoms with Crippen LogP contribution in [0.15, 0.2) is 48.7 Å². The predicted molar refractivity (Wildman–Crippen MR) is 106 cm³/mol. The van der Waals surface area contributed by atoms with Gasteiger partial charge in [0.05, 0.1) is 21.2 Å². The van der Waals surface area contributed by atoms with E-state index in [0.717, 1.165) is 22.2 Å². The van der Waals surface area contributed by atoms with E-state index in [9.17, 15) is 4.79 Å². The third-order valence-electron chi connectivity index (χ3n) is 4.26. The second-order valence-electron chi connectivity index (χ2n) is 5.86. The van der Waals surface area contributed by atoms with Crippen LogP contribution in [0.2, 0.25) is 15.1 Å². The highest BCUT2D eigenvalue weighted by Crippen LogP contribution is 2.41. The van der Waals surface area contributed by atoms with E-state index in [1.54, 1.807) is 42.6 Å². The highest BCUT2D eigenvalue weighted by Gasteiger charge is 2.48. The van der Waals surface area contributed by atoms with Crippen LogP contribution in [0.4, 0.5) is 5.69 Å². The smallest absolute Gasteiger partial charge is 0.262 e. The van der Waals surface area contributed by atoms with Crippen LogP contribution < -0.4 is 5.43 Å². The van der Waals surface area contributed by atoms with Crippen molar-refractivity contribution in [2.24, 2.45) is 0 Å². The van der Waals surface area contributed by atoms with Gasteiger partial charge in [0.1, 0.15) is 11.4 Å². The number of rotatable bonds is 3. The maximum atomic E-state index is 12.3. The first-order valence-corrected chi connectivity index (χ1v) is 9.26. The molecule has 1 amide bonds. The van der Waals surface area contributed by atoms with E-state index in [4.69, 9.17) is 46.4 Å². The summed E-state index contributed by atoms with van der Waals surface area (Å²) in [7, 11) is 0. The first-order chi connectivity index (χ1) is 12.5. The zero-order valence-corrected chi connectivity index (χ0v) is 16.1. The van der Waals surface area contributed by atoms with Gasteiger partial charge in [-0.2, -0.15) is 0 Å². The molecule has 0 aliphatic carbocycles. The van der Waals surface area contributed by atoms with Crippen molar-refractivity contribution in [1.82, 2.24) is 9.99 Å². The molecule has 4 rings (SSSR count). The van der Waals surface area contributed by atoms with Crippen molar-refractivity contribution in [3.63, 3.8) is 0 Å². The SMILES string of the molecule is O=C1C(Cl)C(c2ccc(Cl)c(Cl)c2)N1Nc1ccnc2cc(Cl)ccc12. The van der Waals surface area contributed by atoms with Crippen LogP contribution in [-0.2, 0) is 4.79 Å². The molecule has 0 saturated carbocycles. The number of hydrogen-bond acceptors (Lipinski definition) is 3. The van der Waals surface area contributed by atoms with Gasteiger partial charge in [0.25, 0.3) is 5.91 Å². The highest BCUT2D eigenvalue weighted by molar-refractivity contribution is 6.42. The molecule has 0 bridgehead atoms. The lowest BCUT2D eigenvalue weighted by molar-refractivity contribution is -0.143. The number of amides is 1. The molecule has 1 saturated heterocycles. The van der Waals surface area contributed by atoms with Crippen molar-refractivity contribution in [1.29, 1.82) is 0 Å². The van der Waals surface area contributed by atoms with Gasteiger partial charge in [-0.3, -0.25) is 15.2 Å². The first kappa shape index (κ1) is 17.7. The Morgan fingerprint density at radius 3 is 2.58 bits per heavy atom. The number of aromatic nitrogens is 1. The van der Waals surface area contributed by atoms with Crippen molar-refractivity contribution in [2.45, 2.75) is 11.4 Å². The molecule has 1 aromatic heterocycles. The second kappa shape index (κ2) is 6.78. The molecule has 1 N–H and O–H groups in total. The van der Waals surface area contributed by atoms with Gasteiger partial charge in [-0.15, -0.1) is 11.6 Å². The summed E-state index contributed by atoms with van der Waals surface area (Å²) in [6.45, 7) is 0. The number of carbonyl (C=O) groups excluding carboxylic acids is 1. The number of alkyl halides is 1. The number of pyridine rings is 1. The maximum Gasteiger partial charge on any atom is 0.262 e. The third kappa shape index (κ3) is 2.97. The molecule has 3 aromatic rings. The summed E-state index contributed by atoms with van der Waals surface area (Å²) in [6, 6.07) is 12.0. The average Bonchev–Trinajstić information content (AvgIpc) is 2.63. The van der Waals surface area contributed by atoms with E-state index in [1.807, 2.05) is 6.07 Å². The fraction of sp³-hybridized carbons (Fsp3) is 0.111. The van der Waals surface area contributed by atoms with Gasteiger partial charge >= 0.3 is 0 Å². The van der Waals surface area contributed by atoms with E-state index >= 15 is 0 Å². The molecule has 1 fully saturated rings.